The molecule has 110 valence electrons. The Labute approximate surface area is 129 Å². The van der Waals surface area contributed by atoms with Gasteiger partial charge in [0.15, 0.2) is 0 Å². The minimum Gasteiger partial charge on any atom is -0.493 e. The predicted octanol–water partition coefficient (Wildman–Crippen LogP) is 3.95. The molecule has 3 nitrogen and oxygen atoms in total. The molecule has 2 atom stereocenters. The number of hydrogen-bond acceptors (Lipinski definition) is 3. The van der Waals surface area contributed by atoms with Crippen molar-refractivity contribution < 1.29 is 14.6 Å². The number of aliphatic hydroxyl groups excluding tert-OH is 1. The summed E-state index contributed by atoms with van der Waals surface area (Å²) in [6, 6.07) is 13.3. The highest BCUT2D eigenvalue weighted by atomic mass is 35.5. The molecule has 0 aliphatic carbocycles. The lowest BCUT2D eigenvalue weighted by atomic mass is 10.0. The first kappa shape index (κ1) is 14.2. The molecule has 1 aliphatic heterocycles. The van der Waals surface area contributed by atoms with Gasteiger partial charge in [-0.3, -0.25) is 0 Å². The third-order valence-electron chi connectivity index (χ3n) is 3.66. The molecule has 0 spiro atoms. The van der Waals surface area contributed by atoms with Crippen molar-refractivity contribution in [3.8, 4) is 11.5 Å². The van der Waals surface area contributed by atoms with Crippen LogP contribution in [0.15, 0.2) is 42.5 Å². The van der Waals surface area contributed by atoms with Crippen LogP contribution in [0.3, 0.4) is 0 Å². The highest BCUT2D eigenvalue weighted by Crippen LogP contribution is 2.35. The fourth-order valence-corrected chi connectivity index (χ4v) is 2.72. The van der Waals surface area contributed by atoms with Crippen LogP contribution in [-0.4, -0.2) is 18.3 Å². The molecule has 1 unspecified atom stereocenters. The van der Waals surface area contributed by atoms with E-state index in [1.165, 1.54) is 5.56 Å². The first-order valence-electron chi connectivity index (χ1n) is 6.97. The second-order valence-electron chi connectivity index (χ2n) is 5.21. The van der Waals surface area contributed by atoms with E-state index < -0.39 is 6.10 Å². The van der Waals surface area contributed by atoms with Crippen molar-refractivity contribution >= 4 is 11.6 Å². The van der Waals surface area contributed by atoms with Gasteiger partial charge >= 0.3 is 0 Å². The van der Waals surface area contributed by atoms with Crippen molar-refractivity contribution in [2.45, 2.75) is 18.9 Å². The Kier molecular flexibility index (Phi) is 4.04. The van der Waals surface area contributed by atoms with Crippen LogP contribution in [0.25, 0.3) is 0 Å². The summed E-state index contributed by atoms with van der Waals surface area (Å²) in [5.41, 5.74) is 1.87. The summed E-state index contributed by atoms with van der Waals surface area (Å²) in [4.78, 5) is 0. The van der Waals surface area contributed by atoms with Gasteiger partial charge in [0.25, 0.3) is 0 Å². The van der Waals surface area contributed by atoms with Gasteiger partial charge in [0.2, 0.25) is 0 Å². The zero-order valence-electron chi connectivity index (χ0n) is 11.8. The normalized spacial score (nSPS) is 18.0. The smallest absolute Gasteiger partial charge is 0.125 e. The second-order valence-corrected chi connectivity index (χ2v) is 5.65. The summed E-state index contributed by atoms with van der Waals surface area (Å²) in [7, 11) is 0. The van der Waals surface area contributed by atoms with Crippen molar-refractivity contribution in [1.82, 2.24) is 0 Å². The molecule has 1 aliphatic rings. The van der Waals surface area contributed by atoms with Gasteiger partial charge in [-0.25, -0.2) is 0 Å². The molecule has 0 saturated carbocycles. The average molecular weight is 305 g/mol. The molecule has 0 fully saturated rings. The topological polar surface area (TPSA) is 38.7 Å². The van der Waals surface area contributed by atoms with E-state index >= 15 is 0 Å². The second kappa shape index (κ2) is 5.96. The van der Waals surface area contributed by atoms with E-state index in [4.69, 9.17) is 21.1 Å². The van der Waals surface area contributed by atoms with Gasteiger partial charge in [0, 0.05) is 16.1 Å². The molecule has 0 amide bonds. The Morgan fingerprint density at radius 3 is 2.95 bits per heavy atom. The van der Waals surface area contributed by atoms with Crippen LogP contribution in [0, 0.1) is 0 Å². The Morgan fingerprint density at radius 2 is 2.14 bits per heavy atom. The molecular weight excluding hydrogens is 288 g/mol. The van der Waals surface area contributed by atoms with Crippen LogP contribution in [0.5, 0.6) is 11.5 Å². The fraction of sp³-hybridized carbons (Fsp3) is 0.294. The highest BCUT2D eigenvalue weighted by Gasteiger charge is 2.24. The summed E-state index contributed by atoms with van der Waals surface area (Å²) in [6.45, 7) is 2.84. The molecule has 0 radical (unpaired) electrons. The highest BCUT2D eigenvalue weighted by molar-refractivity contribution is 6.30. The van der Waals surface area contributed by atoms with E-state index in [0.29, 0.717) is 29.5 Å². The third-order valence-corrected chi connectivity index (χ3v) is 3.90. The van der Waals surface area contributed by atoms with E-state index in [1.54, 1.807) is 25.1 Å². The van der Waals surface area contributed by atoms with Gasteiger partial charge in [-0.15, -0.1) is 0 Å². The number of fused-ring (bicyclic) bond motifs is 1. The average Bonchev–Trinajstić information content (AvgIpc) is 2.89. The van der Waals surface area contributed by atoms with Gasteiger partial charge in [0.1, 0.15) is 11.5 Å². The van der Waals surface area contributed by atoms with E-state index in [9.17, 15) is 5.11 Å². The van der Waals surface area contributed by atoms with Gasteiger partial charge in [-0.05, 0) is 31.2 Å². The first-order valence-corrected chi connectivity index (χ1v) is 7.35. The number of benzene rings is 2. The van der Waals surface area contributed by atoms with E-state index in [-0.39, 0.29) is 5.92 Å². The third kappa shape index (κ3) is 2.99. The molecule has 1 N–H and O–H groups in total. The Morgan fingerprint density at radius 1 is 1.33 bits per heavy atom. The minimum absolute atomic E-state index is 0.207. The molecule has 21 heavy (non-hydrogen) atoms. The van der Waals surface area contributed by atoms with Crippen molar-refractivity contribution in [2.75, 3.05) is 13.2 Å². The molecule has 1 heterocycles. The molecule has 2 aromatic rings. The SMILES string of the molecule is C[C@H](O)c1cc(Cl)ccc1OCC1COc2ccccc21. The molecule has 3 rings (SSSR count). The van der Waals surface area contributed by atoms with Crippen molar-refractivity contribution in [1.29, 1.82) is 0 Å². The number of ether oxygens (including phenoxy) is 2. The zero-order valence-corrected chi connectivity index (χ0v) is 12.5. The van der Waals surface area contributed by atoms with E-state index in [0.717, 1.165) is 5.75 Å². The molecule has 0 bridgehead atoms. The molecular formula is C17H17ClO3. The first-order chi connectivity index (χ1) is 10.1. The summed E-state index contributed by atoms with van der Waals surface area (Å²) in [6.07, 6.45) is -0.620. The number of rotatable bonds is 4. The molecule has 4 heteroatoms. The van der Waals surface area contributed by atoms with Gasteiger partial charge in [0.05, 0.1) is 25.2 Å². The van der Waals surface area contributed by atoms with Gasteiger partial charge < -0.3 is 14.6 Å². The lowest BCUT2D eigenvalue weighted by molar-refractivity contribution is 0.187. The van der Waals surface area contributed by atoms with E-state index in [1.807, 2.05) is 18.2 Å². The summed E-state index contributed by atoms with van der Waals surface area (Å²) in [5, 5.41) is 10.4. The Bertz CT molecular complexity index is 640. The van der Waals surface area contributed by atoms with Gasteiger partial charge in [-0.1, -0.05) is 29.8 Å². The van der Waals surface area contributed by atoms with Gasteiger partial charge in [-0.2, -0.15) is 0 Å². The summed E-state index contributed by atoms with van der Waals surface area (Å²) in [5.74, 6) is 1.80. The molecule has 0 saturated heterocycles. The lowest BCUT2D eigenvalue weighted by Crippen LogP contribution is -2.12. The number of halogens is 1. The quantitative estimate of drug-likeness (QED) is 0.929. The number of para-hydroxylation sites is 1. The Balaban J connectivity index is 1.75. The largest absolute Gasteiger partial charge is 0.493 e. The van der Waals surface area contributed by atoms with Crippen LogP contribution in [0.1, 0.15) is 30.1 Å². The van der Waals surface area contributed by atoms with Crippen LogP contribution in [0.2, 0.25) is 5.02 Å². The van der Waals surface area contributed by atoms with Crippen LogP contribution < -0.4 is 9.47 Å². The summed E-state index contributed by atoms with van der Waals surface area (Å²) >= 11 is 5.97. The van der Waals surface area contributed by atoms with Crippen molar-refractivity contribution in [3.05, 3.63) is 58.6 Å². The summed E-state index contributed by atoms with van der Waals surface area (Å²) < 4.78 is 11.5. The van der Waals surface area contributed by atoms with Crippen LogP contribution in [-0.2, 0) is 0 Å². The maximum Gasteiger partial charge on any atom is 0.125 e. The number of aliphatic hydroxyl groups is 1. The fourth-order valence-electron chi connectivity index (χ4n) is 2.53. The standard InChI is InChI=1S/C17H17ClO3/c1-11(19)15-8-13(18)6-7-17(15)21-10-12-9-20-16-5-3-2-4-14(12)16/h2-8,11-12,19H,9-10H2,1H3/t11-,12?/m0/s1. The maximum absolute atomic E-state index is 9.82. The predicted molar refractivity (Wildman–Crippen MR) is 82.3 cm³/mol. The van der Waals surface area contributed by atoms with Crippen LogP contribution in [0.4, 0.5) is 0 Å². The molecule has 2 aromatic carbocycles. The van der Waals surface area contributed by atoms with Crippen LogP contribution >= 0.6 is 11.6 Å². The van der Waals surface area contributed by atoms with Crippen molar-refractivity contribution in [3.63, 3.8) is 0 Å². The zero-order chi connectivity index (χ0) is 14.8. The Hall–Kier alpha value is -1.71. The monoisotopic (exact) mass is 304 g/mol. The van der Waals surface area contributed by atoms with Crippen molar-refractivity contribution in [2.24, 2.45) is 0 Å². The molecule has 0 aromatic heterocycles. The maximum atomic E-state index is 9.82. The number of hydrogen-bond donors (Lipinski definition) is 1. The minimum atomic E-state index is -0.620. The lowest BCUT2D eigenvalue weighted by Gasteiger charge is -2.16. The van der Waals surface area contributed by atoms with E-state index in [2.05, 4.69) is 6.07 Å².